The van der Waals surface area contributed by atoms with Gasteiger partial charge in [0.15, 0.2) is 0 Å². The molecule has 0 saturated heterocycles. The third-order valence-electron chi connectivity index (χ3n) is 3.55. The van der Waals surface area contributed by atoms with Gasteiger partial charge in [0.25, 0.3) is 0 Å². The molecule has 2 rings (SSSR count). The highest BCUT2D eigenvalue weighted by molar-refractivity contribution is 5.92. The first-order valence-electron chi connectivity index (χ1n) is 7.05. The SMILES string of the molecule is Cc1nn(CC(C)C(=O)Nc2ccccc2F)c(C)c1[N+](=O)[O-]. The number of carbonyl (C=O) groups is 1. The average Bonchev–Trinajstić information content (AvgIpc) is 2.75. The molecular formula is C15H17FN4O3. The maximum Gasteiger partial charge on any atom is 0.312 e. The highest BCUT2D eigenvalue weighted by Crippen LogP contribution is 2.23. The Kier molecular flexibility index (Phi) is 4.73. The van der Waals surface area contributed by atoms with E-state index in [9.17, 15) is 19.3 Å². The summed E-state index contributed by atoms with van der Waals surface area (Å²) in [6.45, 7) is 4.95. The lowest BCUT2D eigenvalue weighted by Gasteiger charge is -2.13. The quantitative estimate of drug-likeness (QED) is 0.677. The minimum atomic E-state index is -0.535. The highest BCUT2D eigenvalue weighted by atomic mass is 19.1. The molecule has 1 unspecified atom stereocenters. The number of amides is 1. The van der Waals surface area contributed by atoms with Crippen molar-refractivity contribution in [2.45, 2.75) is 27.3 Å². The van der Waals surface area contributed by atoms with Crippen molar-refractivity contribution in [3.8, 4) is 0 Å². The number of benzene rings is 1. The van der Waals surface area contributed by atoms with Gasteiger partial charge < -0.3 is 5.32 Å². The van der Waals surface area contributed by atoms with E-state index in [1.165, 1.54) is 22.9 Å². The lowest BCUT2D eigenvalue weighted by molar-refractivity contribution is -0.386. The Morgan fingerprint density at radius 3 is 2.65 bits per heavy atom. The van der Waals surface area contributed by atoms with Gasteiger partial charge in [-0.25, -0.2) is 4.39 Å². The van der Waals surface area contributed by atoms with Crippen molar-refractivity contribution in [3.63, 3.8) is 0 Å². The number of rotatable bonds is 5. The van der Waals surface area contributed by atoms with Crippen LogP contribution < -0.4 is 5.32 Å². The predicted molar refractivity (Wildman–Crippen MR) is 82.5 cm³/mol. The van der Waals surface area contributed by atoms with Gasteiger partial charge in [-0.3, -0.25) is 19.6 Å². The number of carbonyl (C=O) groups excluding carboxylic acids is 1. The van der Waals surface area contributed by atoms with Crippen LogP contribution in [0.5, 0.6) is 0 Å². The van der Waals surface area contributed by atoms with Gasteiger partial charge in [0.1, 0.15) is 17.2 Å². The summed E-state index contributed by atoms with van der Waals surface area (Å²) < 4.78 is 15.0. The van der Waals surface area contributed by atoms with E-state index in [1.807, 2.05) is 0 Å². The Bertz CT molecular complexity index is 757. The van der Waals surface area contributed by atoms with E-state index in [-0.39, 0.29) is 23.8 Å². The number of aryl methyl sites for hydroxylation is 1. The third kappa shape index (κ3) is 3.53. The van der Waals surface area contributed by atoms with Gasteiger partial charge in [-0.1, -0.05) is 19.1 Å². The summed E-state index contributed by atoms with van der Waals surface area (Å²) in [4.78, 5) is 22.7. The molecule has 1 aromatic carbocycles. The number of hydrogen-bond acceptors (Lipinski definition) is 4. The van der Waals surface area contributed by atoms with Gasteiger partial charge in [-0.15, -0.1) is 0 Å². The summed E-state index contributed by atoms with van der Waals surface area (Å²) in [5.74, 6) is -1.44. The summed E-state index contributed by atoms with van der Waals surface area (Å²) in [5.41, 5.74) is 0.739. The van der Waals surface area contributed by atoms with Gasteiger partial charge in [-0.05, 0) is 26.0 Å². The first-order valence-corrected chi connectivity index (χ1v) is 7.05. The first-order chi connectivity index (χ1) is 10.8. The van der Waals surface area contributed by atoms with Crippen molar-refractivity contribution in [1.82, 2.24) is 9.78 Å². The number of aromatic nitrogens is 2. The van der Waals surface area contributed by atoms with Crippen LogP contribution in [0, 0.1) is 35.7 Å². The third-order valence-corrected chi connectivity index (χ3v) is 3.55. The number of hydrogen-bond donors (Lipinski definition) is 1. The number of nitrogens with one attached hydrogen (secondary N) is 1. The minimum Gasteiger partial charge on any atom is -0.323 e. The second-order valence-corrected chi connectivity index (χ2v) is 5.33. The lowest BCUT2D eigenvalue weighted by Crippen LogP contribution is -2.25. The monoisotopic (exact) mass is 320 g/mol. The van der Waals surface area contributed by atoms with Crippen LogP contribution in [0.3, 0.4) is 0 Å². The fourth-order valence-electron chi connectivity index (χ4n) is 2.29. The summed E-state index contributed by atoms with van der Waals surface area (Å²) in [5, 5.41) is 17.6. The molecule has 1 N–H and O–H groups in total. The van der Waals surface area contributed by atoms with E-state index >= 15 is 0 Å². The molecule has 0 bridgehead atoms. The molecule has 0 aliphatic heterocycles. The zero-order valence-electron chi connectivity index (χ0n) is 13.0. The normalized spacial score (nSPS) is 12.0. The summed E-state index contributed by atoms with van der Waals surface area (Å²) in [7, 11) is 0. The number of para-hydroxylation sites is 1. The van der Waals surface area contributed by atoms with Crippen LogP contribution in [0.1, 0.15) is 18.3 Å². The predicted octanol–water partition coefficient (Wildman–Crippen LogP) is 2.82. The van der Waals surface area contributed by atoms with Gasteiger partial charge >= 0.3 is 5.69 Å². The maximum absolute atomic E-state index is 13.5. The fraction of sp³-hybridized carbons (Fsp3) is 0.333. The molecule has 0 spiro atoms. The number of nitrogens with zero attached hydrogens (tertiary/aromatic N) is 3. The Hall–Kier alpha value is -2.77. The topological polar surface area (TPSA) is 90.1 Å². The molecule has 1 amide bonds. The summed E-state index contributed by atoms with van der Waals surface area (Å²) >= 11 is 0. The van der Waals surface area contributed by atoms with Crippen LogP contribution in [-0.2, 0) is 11.3 Å². The largest absolute Gasteiger partial charge is 0.323 e. The van der Waals surface area contributed by atoms with Gasteiger partial charge in [0.05, 0.1) is 23.1 Å². The zero-order chi connectivity index (χ0) is 17.1. The summed E-state index contributed by atoms with van der Waals surface area (Å²) in [6.07, 6.45) is 0. The van der Waals surface area contributed by atoms with Crippen LogP contribution in [0.15, 0.2) is 24.3 Å². The van der Waals surface area contributed by atoms with Crippen molar-refractivity contribution in [2.24, 2.45) is 5.92 Å². The molecule has 0 fully saturated rings. The molecule has 122 valence electrons. The Morgan fingerprint density at radius 2 is 2.09 bits per heavy atom. The van der Waals surface area contributed by atoms with Gasteiger partial charge in [0.2, 0.25) is 5.91 Å². The van der Waals surface area contributed by atoms with Crippen LogP contribution in [0.2, 0.25) is 0 Å². The van der Waals surface area contributed by atoms with Crippen molar-refractivity contribution in [2.75, 3.05) is 5.32 Å². The molecule has 8 heteroatoms. The second-order valence-electron chi connectivity index (χ2n) is 5.33. The van der Waals surface area contributed by atoms with Gasteiger partial charge in [-0.2, -0.15) is 5.10 Å². The molecule has 0 aliphatic carbocycles. The Morgan fingerprint density at radius 1 is 1.43 bits per heavy atom. The number of nitro groups is 1. The van der Waals surface area contributed by atoms with Crippen molar-refractivity contribution in [3.05, 3.63) is 51.6 Å². The maximum atomic E-state index is 13.5. The van der Waals surface area contributed by atoms with Crippen LogP contribution in [0.4, 0.5) is 15.8 Å². The van der Waals surface area contributed by atoms with Crippen LogP contribution in [0.25, 0.3) is 0 Å². The molecular weight excluding hydrogens is 303 g/mol. The molecule has 1 heterocycles. The molecule has 0 radical (unpaired) electrons. The average molecular weight is 320 g/mol. The lowest BCUT2D eigenvalue weighted by atomic mass is 10.1. The first kappa shape index (κ1) is 16.6. The molecule has 7 nitrogen and oxygen atoms in total. The second kappa shape index (κ2) is 6.55. The highest BCUT2D eigenvalue weighted by Gasteiger charge is 2.24. The van der Waals surface area contributed by atoms with Crippen molar-refractivity contribution >= 4 is 17.3 Å². The van der Waals surface area contributed by atoms with E-state index in [2.05, 4.69) is 10.4 Å². The standard InChI is InChI=1S/C15H17FN4O3/c1-9(15(21)17-13-7-5-4-6-12(13)16)8-19-11(3)14(20(22)23)10(2)18-19/h4-7,9H,8H2,1-3H3,(H,17,21). The van der Waals surface area contributed by atoms with Crippen LogP contribution >= 0.6 is 0 Å². The molecule has 2 aromatic rings. The van der Waals surface area contributed by atoms with Crippen molar-refractivity contribution in [1.29, 1.82) is 0 Å². The molecule has 1 atom stereocenters. The van der Waals surface area contributed by atoms with E-state index in [4.69, 9.17) is 0 Å². The Balaban J connectivity index is 2.12. The van der Waals surface area contributed by atoms with E-state index in [0.29, 0.717) is 11.4 Å². The smallest absolute Gasteiger partial charge is 0.312 e. The zero-order valence-corrected chi connectivity index (χ0v) is 13.0. The van der Waals surface area contributed by atoms with Gasteiger partial charge in [0, 0.05) is 0 Å². The number of anilines is 1. The minimum absolute atomic E-state index is 0.0493. The van der Waals surface area contributed by atoms with E-state index in [0.717, 1.165) is 0 Å². The molecule has 0 aliphatic rings. The van der Waals surface area contributed by atoms with E-state index in [1.54, 1.807) is 26.8 Å². The van der Waals surface area contributed by atoms with Crippen molar-refractivity contribution < 1.29 is 14.1 Å². The molecule has 1 aromatic heterocycles. The molecule has 23 heavy (non-hydrogen) atoms. The summed E-state index contributed by atoms with van der Waals surface area (Å²) in [6, 6.07) is 5.87. The molecule has 0 saturated carbocycles. The number of halogens is 1. The fourth-order valence-corrected chi connectivity index (χ4v) is 2.29. The van der Waals surface area contributed by atoms with Crippen LogP contribution in [-0.4, -0.2) is 20.6 Å². The Labute approximate surface area is 132 Å². The van der Waals surface area contributed by atoms with E-state index < -0.39 is 16.7 Å².